The minimum atomic E-state index is -0.0691. The van der Waals surface area contributed by atoms with Crippen molar-refractivity contribution in [3.8, 4) is 11.5 Å². The molecule has 0 atom stereocenters. The molecule has 1 heterocycles. The van der Waals surface area contributed by atoms with Crippen molar-refractivity contribution < 1.29 is 14.3 Å². The number of rotatable bonds is 8. The Kier molecular flexibility index (Phi) is 7.58. The van der Waals surface area contributed by atoms with E-state index >= 15 is 0 Å². The van der Waals surface area contributed by atoms with Crippen LogP contribution in [0.1, 0.15) is 31.4 Å². The van der Waals surface area contributed by atoms with E-state index in [1.807, 2.05) is 50.2 Å². The number of benzene rings is 2. The van der Waals surface area contributed by atoms with E-state index in [0.29, 0.717) is 45.5 Å². The fraction of sp³-hybridized carbons (Fsp3) is 0.273. The van der Waals surface area contributed by atoms with E-state index in [-0.39, 0.29) is 5.91 Å². The fourth-order valence-corrected chi connectivity index (χ4v) is 4.45. The molecule has 0 aromatic heterocycles. The predicted molar refractivity (Wildman–Crippen MR) is 124 cm³/mol. The van der Waals surface area contributed by atoms with Gasteiger partial charge in [-0.25, -0.2) is 0 Å². The molecule has 0 saturated carbocycles. The van der Waals surface area contributed by atoms with E-state index < -0.39 is 0 Å². The molecule has 1 aliphatic heterocycles. The van der Waals surface area contributed by atoms with Crippen molar-refractivity contribution in [1.29, 1.82) is 0 Å². The summed E-state index contributed by atoms with van der Waals surface area (Å²) in [5.41, 5.74) is 1.80. The lowest BCUT2D eigenvalue weighted by atomic mass is 10.1. The highest BCUT2D eigenvalue weighted by Gasteiger charge is 2.31. The molecule has 0 bridgehead atoms. The predicted octanol–water partition coefficient (Wildman–Crippen LogP) is 5.93. The van der Waals surface area contributed by atoms with Crippen molar-refractivity contribution in [3.63, 3.8) is 0 Å². The van der Waals surface area contributed by atoms with Gasteiger partial charge in [-0.1, -0.05) is 72.8 Å². The number of amides is 1. The molecule has 29 heavy (non-hydrogen) atoms. The number of thiocarbonyl (C=S) groups is 1. The summed E-state index contributed by atoms with van der Waals surface area (Å²) >= 11 is 13.1. The van der Waals surface area contributed by atoms with Crippen LogP contribution in [0.3, 0.4) is 0 Å². The van der Waals surface area contributed by atoms with Crippen molar-refractivity contribution in [2.75, 3.05) is 13.2 Å². The molecule has 1 aliphatic rings. The molecule has 3 rings (SSSR count). The number of hydrogen-bond donors (Lipinski definition) is 0. The number of nitrogens with zero attached hydrogens (tertiary/aromatic N) is 1. The highest BCUT2D eigenvalue weighted by molar-refractivity contribution is 8.26. The summed E-state index contributed by atoms with van der Waals surface area (Å²) in [6.07, 6.45) is 2.65. The third-order valence-electron chi connectivity index (χ3n) is 4.18. The fourth-order valence-electron chi connectivity index (χ4n) is 2.87. The Hall–Kier alpha value is -2.02. The lowest BCUT2D eigenvalue weighted by Gasteiger charge is -2.15. The lowest BCUT2D eigenvalue weighted by molar-refractivity contribution is -0.122. The molecule has 2 aromatic rings. The average Bonchev–Trinajstić information content (AvgIpc) is 2.96. The largest absolute Gasteiger partial charge is 0.490 e. The molecule has 4 nitrogen and oxygen atoms in total. The Morgan fingerprint density at radius 3 is 2.62 bits per heavy atom. The van der Waals surface area contributed by atoms with Gasteiger partial charge in [-0.2, -0.15) is 0 Å². The van der Waals surface area contributed by atoms with Crippen LogP contribution in [-0.2, 0) is 11.4 Å². The summed E-state index contributed by atoms with van der Waals surface area (Å²) < 4.78 is 12.3. The van der Waals surface area contributed by atoms with Gasteiger partial charge in [-0.15, -0.1) is 0 Å². The van der Waals surface area contributed by atoms with Gasteiger partial charge in [0.05, 0.1) is 16.5 Å². The maximum atomic E-state index is 12.6. The highest BCUT2D eigenvalue weighted by atomic mass is 35.5. The first-order valence-corrected chi connectivity index (χ1v) is 11.0. The topological polar surface area (TPSA) is 38.8 Å². The van der Waals surface area contributed by atoms with E-state index in [1.54, 1.807) is 17.0 Å². The van der Waals surface area contributed by atoms with Gasteiger partial charge in [0.15, 0.2) is 11.5 Å². The van der Waals surface area contributed by atoms with Crippen LogP contribution in [0.25, 0.3) is 6.08 Å². The quantitative estimate of drug-likeness (QED) is 0.370. The zero-order valence-electron chi connectivity index (χ0n) is 16.3. The molecule has 0 radical (unpaired) electrons. The molecule has 2 aromatic carbocycles. The molecular weight excluding hydrogens is 426 g/mol. The first-order valence-electron chi connectivity index (χ1n) is 9.42. The molecular formula is C22H22ClNO3S2. The van der Waals surface area contributed by atoms with Crippen molar-refractivity contribution in [3.05, 3.63) is 63.5 Å². The average molecular weight is 448 g/mol. The van der Waals surface area contributed by atoms with Gasteiger partial charge in [-0.05, 0) is 42.7 Å². The molecule has 0 spiro atoms. The number of halogens is 1. The van der Waals surface area contributed by atoms with Crippen LogP contribution < -0.4 is 9.47 Å². The van der Waals surface area contributed by atoms with Gasteiger partial charge in [0, 0.05) is 6.54 Å². The van der Waals surface area contributed by atoms with Crippen LogP contribution in [0.4, 0.5) is 0 Å². The Morgan fingerprint density at radius 2 is 1.93 bits per heavy atom. The number of ether oxygens (including phenoxy) is 2. The Balaban J connectivity index is 1.86. The molecule has 0 aliphatic carbocycles. The molecule has 1 amide bonds. The van der Waals surface area contributed by atoms with E-state index in [1.165, 1.54) is 11.8 Å². The summed E-state index contributed by atoms with van der Waals surface area (Å²) in [5, 5.41) is 0.433. The third kappa shape index (κ3) is 5.32. The Bertz CT molecular complexity index is 931. The van der Waals surface area contributed by atoms with Gasteiger partial charge in [0.1, 0.15) is 10.9 Å². The number of hydrogen-bond acceptors (Lipinski definition) is 5. The highest BCUT2D eigenvalue weighted by Crippen LogP contribution is 2.39. The van der Waals surface area contributed by atoms with Crippen molar-refractivity contribution in [2.45, 2.75) is 26.9 Å². The normalized spacial score (nSPS) is 15.3. The van der Waals surface area contributed by atoms with Crippen LogP contribution in [0.2, 0.25) is 5.02 Å². The van der Waals surface area contributed by atoms with Crippen LogP contribution >= 0.6 is 35.6 Å². The summed E-state index contributed by atoms with van der Waals surface area (Å²) in [4.78, 5) is 14.8. The molecule has 1 saturated heterocycles. The monoisotopic (exact) mass is 447 g/mol. The SMILES string of the molecule is CCCN1C(=O)/C(=C\c2cc(Cl)c(OCc3ccccc3)c(OCC)c2)SC1=S. The van der Waals surface area contributed by atoms with Gasteiger partial charge in [0.25, 0.3) is 5.91 Å². The first kappa shape index (κ1) is 21.7. The van der Waals surface area contributed by atoms with Gasteiger partial charge < -0.3 is 9.47 Å². The van der Waals surface area contributed by atoms with Crippen molar-refractivity contribution in [2.24, 2.45) is 0 Å². The van der Waals surface area contributed by atoms with Crippen LogP contribution in [0, 0.1) is 0 Å². The number of thioether (sulfide) groups is 1. The van der Waals surface area contributed by atoms with Crippen LogP contribution in [0.5, 0.6) is 11.5 Å². The minimum absolute atomic E-state index is 0.0691. The zero-order valence-corrected chi connectivity index (χ0v) is 18.7. The summed E-state index contributed by atoms with van der Waals surface area (Å²) in [7, 11) is 0. The molecule has 1 fully saturated rings. The maximum absolute atomic E-state index is 12.6. The second kappa shape index (κ2) is 10.1. The van der Waals surface area contributed by atoms with Gasteiger partial charge in [-0.3, -0.25) is 9.69 Å². The van der Waals surface area contributed by atoms with E-state index in [9.17, 15) is 4.79 Å². The number of carbonyl (C=O) groups excluding carboxylic acids is 1. The van der Waals surface area contributed by atoms with Gasteiger partial charge in [0.2, 0.25) is 0 Å². The summed E-state index contributed by atoms with van der Waals surface area (Å²) in [5.74, 6) is 0.972. The lowest BCUT2D eigenvalue weighted by Crippen LogP contribution is -2.28. The summed E-state index contributed by atoms with van der Waals surface area (Å²) in [6.45, 7) is 5.40. The second-order valence-corrected chi connectivity index (χ2v) is 8.45. The van der Waals surface area contributed by atoms with E-state index in [0.717, 1.165) is 17.5 Å². The Morgan fingerprint density at radius 1 is 1.17 bits per heavy atom. The van der Waals surface area contributed by atoms with Crippen LogP contribution in [-0.4, -0.2) is 28.3 Å². The number of carbonyl (C=O) groups is 1. The molecule has 152 valence electrons. The third-order valence-corrected chi connectivity index (χ3v) is 5.83. The van der Waals surface area contributed by atoms with Crippen molar-refractivity contribution >= 4 is 51.9 Å². The molecule has 0 unspecified atom stereocenters. The second-order valence-electron chi connectivity index (χ2n) is 6.37. The minimum Gasteiger partial charge on any atom is -0.490 e. The maximum Gasteiger partial charge on any atom is 0.266 e. The smallest absolute Gasteiger partial charge is 0.266 e. The zero-order chi connectivity index (χ0) is 20.8. The molecule has 0 N–H and O–H groups in total. The summed E-state index contributed by atoms with van der Waals surface area (Å²) in [6, 6.07) is 13.5. The van der Waals surface area contributed by atoms with Gasteiger partial charge >= 0.3 is 0 Å². The standard InChI is InChI=1S/C22H22ClNO3S2/c1-3-10-24-21(25)19(29-22(24)28)13-16-11-17(23)20(18(12-16)26-4-2)27-14-15-8-6-5-7-9-15/h5-9,11-13H,3-4,10,14H2,1-2H3/b19-13+. The van der Waals surface area contributed by atoms with Crippen LogP contribution in [0.15, 0.2) is 47.4 Å². The molecule has 7 heteroatoms. The first-order chi connectivity index (χ1) is 14.0. The van der Waals surface area contributed by atoms with E-state index in [4.69, 9.17) is 33.3 Å². The van der Waals surface area contributed by atoms with E-state index in [2.05, 4.69) is 0 Å². The van der Waals surface area contributed by atoms with Crippen molar-refractivity contribution in [1.82, 2.24) is 4.90 Å². The Labute approximate surface area is 185 Å².